The lowest BCUT2D eigenvalue weighted by Crippen LogP contribution is -2.43. The van der Waals surface area contributed by atoms with Crippen LogP contribution in [0, 0.1) is 6.92 Å². The van der Waals surface area contributed by atoms with Gasteiger partial charge in [0.25, 0.3) is 5.91 Å². The first-order valence-corrected chi connectivity index (χ1v) is 7.08. The standard InChI is InChI=1S/C15H22N2O2/c1-12-6-5-9-14(16-12)15(19)17(10-11-18)13-7-3-2-4-8-13/h5-6,9,13,18H,2-4,7-8,10-11H2,1H3. The zero-order valence-corrected chi connectivity index (χ0v) is 11.5. The van der Waals surface area contributed by atoms with Crippen LogP contribution in [0.5, 0.6) is 0 Å². The molecule has 1 heterocycles. The summed E-state index contributed by atoms with van der Waals surface area (Å²) >= 11 is 0. The molecule has 0 saturated heterocycles. The third kappa shape index (κ3) is 3.53. The van der Waals surface area contributed by atoms with Crippen LogP contribution in [0.2, 0.25) is 0 Å². The summed E-state index contributed by atoms with van der Waals surface area (Å²) in [5.74, 6) is -0.0512. The smallest absolute Gasteiger partial charge is 0.272 e. The van der Waals surface area contributed by atoms with Gasteiger partial charge in [-0.2, -0.15) is 0 Å². The maximum atomic E-state index is 12.5. The Balaban J connectivity index is 2.15. The molecule has 1 aliphatic rings. The number of pyridine rings is 1. The Labute approximate surface area is 114 Å². The van der Waals surface area contributed by atoms with Crippen molar-refractivity contribution < 1.29 is 9.90 Å². The highest BCUT2D eigenvalue weighted by Gasteiger charge is 2.26. The summed E-state index contributed by atoms with van der Waals surface area (Å²) in [6.45, 7) is 2.29. The van der Waals surface area contributed by atoms with Crippen LogP contribution in [0.1, 0.15) is 48.3 Å². The van der Waals surface area contributed by atoms with E-state index in [2.05, 4.69) is 4.98 Å². The summed E-state index contributed by atoms with van der Waals surface area (Å²) in [5.41, 5.74) is 1.33. The normalized spacial score (nSPS) is 16.3. The van der Waals surface area contributed by atoms with Crippen molar-refractivity contribution in [1.29, 1.82) is 0 Å². The van der Waals surface area contributed by atoms with Gasteiger partial charge in [-0.3, -0.25) is 4.79 Å². The van der Waals surface area contributed by atoms with Crippen molar-refractivity contribution in [3.8, 4) is 0 Å². The van der Waals surface area contributed by atoms with Crippen molar-refractivity contribution in [1.82, 2.24) is 9.88 Å². The average Bonchev–Trinajstić information content (AvgIpc) is 2.45. The minimum atomic E-state index is -0.0512. The number of aliphatic hydroxyl groups is 1. The van der Waals surface area contributed by atoms with Gasteiger partial charge in [0.1, 0.15) is 5.69 Å². The number of nitrogens with zero attached hydrogens (tertiary/aromatic N) is 2. The summed E-state index contributed by atoms with van der Waals surface area (Å²) < 4.78 is 0. The van der Waals surface area contributed by atoms with Crippen molar-refractivity contribution in [2.75, 3.05) is 13.2 Å². The molecule has 0 unspecified atom stereocenters. The second kappa shape index (κ2) is 6.66. The van der Waals surface area contributed by atoms with E-state index in [0.717, 1.165) is 18.5 Å². The molecular formula is C15H22N2O2. The van der Waals surface area contributed by atoms with E-state index in [1.54, 1.807) is 11.0 Å². The fourth-order valence-electron chi connectivity index (χ4n) is 2.76. The molecule has 4 nitrogen and oxygen atoms in total. The Morgan fingerprint density at radius 1 is 1.37 bits per heavy atom. The van der Waals surface area contributed by atoms with Gasteiger partial charge in [-0.05, 0) is 31.9 Å². The van der Waals surface area contributed by atoms with E-state index >= 15 is 0 Å². The zero-order valence-electron chi connectivity index (χ0n) is 11.5. The van der Waals surface area contributed by atoms with Crippen LogP contribution >= 0.6 is 0 Å². The Hall–Kier alpha value is -1.42. The molecule has 1 aromatic rings. The molecule has 19 heavy (non-hydrogen) atoms. The average molecular weight is 262 g/mol. The van der Waals surface area contributed by atoms with Crippen LogP contribution < -0.4 is 0 Å². The van der Waals surface area contributed by atoms with E-state index in [1.165, 1.54) is 19.3 Å². The molecule has 4 heteroatoms. The molecule has 1 N–H and O–H groups in total. The Bertz CT molecular complexity index is 428. The largest absolute Gasteiger partial charge is 0.395 e. The Morgan fingerprint density at radius 3 is 2.74 bits per heavy atom. The Kier molecular flexibility index (Phi) is 4.91. The molecule has 1 aromatic heterocycles. The SMILES string of the molecule is Cc1cccc(C(=O)N(CCO)C2CCCCC2)n1. The fraction of sp³-hybridized carbons (Fsp3) is 0.600. The highest BCUT2D eigenvalue weighted by atomic mass is 16.3. The van der Waals surface area contributed by atoms with E-state index in [4.69, 9.17) is 0 Å². The summed E-state index contributed by atoms with van der Waals surface area (Å²) in [5, 5.41) is 9.20. The summed E-state index contributed by atoms with van der Waals surface area (Å²) in [6.07, 6.45) is 5.66. The van der Waals surface area contributed by atoms with E-state index in [9.17, 15) is 9.90 Å². The van der Waals surface area contributed by atoms with Crippen molar-refractivity contribution in [3.63, 3.8) is 0 Å². The van der Waals surface area contributed by atoms with Crippen LogP contribution in [0.25, 0.3) is 0 Å². The first kappa shape index (κ1) is 14.0. The first-order valence-electron chi connectivity index (χ1n) is 7.08. The van der Waals surface area contributed by atoms with Crippen molar-refractivity contribution >= 4 is 5.91 Å². The highest BCUT2D eigenvalue weighted by Crippen LogP contribution is 2.23. The zero-order chi connectivity index (χ0) is 13.7. The number of aliphatic hydroxyl groups excluding tert-OH is 1. The molecule has 1 aliphatic carbocycles. The number of amides is 1. The summed E-state index contributed by atoms with van der Waals surface area (Å²) in [6, 6.07) is 5.75. The van der Waals surface area contributed by atoms with Gasteiger partial charge in [-0.15, -0.1) is 0 Å². The van der Waals surface area contributed by atoms with Crippen molar-refractivity contribution in [3.05, 3.63) is 29.6 Å². The maximum Gasteiger partial charge on any atom is 0.272 e. The van der Waals surface area contributed by atoms with Crippen LogP contribution in [0.4, 0.5) is 0 Å². The number of aromatic nitrogens is 1. The molecule has 1 fully saturated rings. The van der Waals surface area contributed by atoms with Crippen molar-refractivity contribution in [2.45, 2.75) is 45.1 Å². The van der Waals surface area contributed by atoms with Crippen LogP contribution in [0.15, 0.2) is 18.2 Å². The Morgan fingerprint density at radius 2 is 2.11 bits per heavy atom. The predicted molar refractivity (Wildman–Crippen MR) is 74.0 cm³/mol. The number of carbonyl (C=O) groups is 1. The number of rotatable bonds is 4. The molecule has 0 aliphatic heterocycles. The van der Waals surface area contributed by atoms with Gasteiger partial charge < -0.3 is 10.0 Å². The van der Waals surface area contributed by atoms with Crippen LogP contribution in [0.3, 0.4) is 0 Å². The summed E-state index contributed by atoms with van der Waals surface area (Å²) in [4.78, 5) is 18.6. The monoisotopic (exact) mass is 262 g/mol. The molecule has 0 aromatic carbocycles. The lowest BCUT2D eigenvalue weighted by atomic mass is 9.94. The quantitative estimate of drug-likeness (QED) is 0.904. The second-order valence-electron chi connectivity index (χ2n) is 5.18. The lowest BCUT2D eigenvalue weighted by molar-refractivity contribution is 0.0579. The maximum absolute atomic E-state index is 12.5. The molecule has 1 amide bonds. The third-order valence-corrected chi connectivity index (χ3v) is 3.72. The van der Waals surface area contributed by atoms with Gasteiger partial charge in [-0.1, -0.05) is 25.3 Å². The fourth-order valence-corrected chi connectivity index (χ4v) is 2.76. The van der Waals surface area contributed by atoms with Crippen LogP contribution in [-0.4, -0.2) is 40.1 Å². The van der Waals surface area contributed by atoms with Gasteiger partial charge in [0.05, 0.1) is 6.61 Å². The first-order chi connectivity index (χ1) is 9.22. The molecule has 0 spiro atoms. The molecule has 104 valence electrons. The van der Waals surface area contributed by atoms with Gasteiger partial charge in [0, 0.05) is 18.3 Å². The van der Waals surface area contributed by atoms with Crippen molar-refractivity contribution in [2.24, 2.45) is 0 Å². The molecule has 0 bridgehead atoms. The van der Waals surface area contributed by atoms with Gasteiger partial charge >= 0.3 is 0 Å². The summed E-state index contributed by atoms with van der Waals surface area (Å²) in [7, 11) is 0. The van der Waals surface area contributed by atoms with Gasteiger partial charge in [0.15, 0.2) is 0 Å². The number of hydrogen-bond acceptors (Lipinski definition) is 3. The highest BCUT2D eigenvalue weighted by molar-refractivity contribution is 5.92. The molecular weight excluding hydrogens is 240 g/mol. The number of aryl methyl sites for hydroxylation is 1. The topological polar surface area (TPSA) is 53.4 Å². The lowest BCUT2D eigenvalue weighted by Gasteiger charge is -2.33. The second-order valence-corrected chi connectivity index (χ2v) is 5.18. The van der Waals surface area contributed by atoms with Gasteiger partial charge in [0.2, 0.25) is 0 Å². The number of carbonyl (C=O) groups excluding carboxylic acids is 1. The predicted octanol–water partition coefficient (Wildman–Crippen LogP) is 2.16. The minimum absolute atomic E-state index is 0.00799. The molecule has 0 radical (unpaired) electrons. The van der Waals surface area contributed by atoms with E-state index in [1.807, 2.05) is 19.1 Å². The van der Waals surface area contributed by atoms with E-state index in [0.29, 0.717) is 12.2 Å². The minimum Gasteiger partial charge on any atom is -0.395 e. The van der Waals surface area contributed by atoms with E-state index < -0.39 is 0 Å². The molecule has 2 rings (SSSR count). The van der Waals surface area contributed by atoms with Crippen LogP contribution in [-0.2, 0) is 0 Å². The third-order valence-electron chi connectivity index (χ3n) is 3.72. The number of hydrogen-bond donors (Lipinski definition) is 1. The molecule has 0 atom stereocenters. The molecule has 1 saturated carbocycles. The van der Waals surface area contributed by atoms with E-state index in [-0.39, 0.29) is 18.6 Å². The van der Waals surface area contributed by atoms with Gasteiger partial charge in [-0.25, -0.2) is 4.98 Å².